The number of unbranched alkanes of at least 4 members (excludes halogenated alkanes) is 47. The number of carbonyl (C=O) groups excluding carboxylic acids is 3. The Morgan fingerprint density at radius 3 is 0.727 bits per heavy atom. The summed E-state index contributed by atoms with van der Waals surface area (Å²) in [5, 5.41) is 0. The molecule has 0 rings (SSSR count). The van der Waals surface area contributed by atoms with Crippen molar-refractivity contribution in [2.75, 3.05) is 13.2 Å². The lowest BCUT2D eigenvalue weighted by Gasteiger charge is -2.18. The maximum atomic E-state index is 12.8. The molecule has 1 atom stereocenters. The largest absolute Gasteiger partial charge is 0.462 e. The van der Waals surface area contributed by atoms with Gasteiger partial charge in [0.2, 0.25) is 0 Å². The van der Waals surface area contributed by atoms with Crippen molar-refractivity contribution < 1.29 is 28.6 Å². The fraction of sp³-hybridized carbons (Fsp3) is 0.873. The predicted molar refractivity (Wildman–Crippen MR) is 335 cm³/mol. The summed E-state index contributed by atoms with van der Waals surface area (Å²) in [6.07, 6.45) is 82.3. The molecular formula is C71H132O6. The van der Waals surface area contributed by atoms with Crippen LogP contribution in [-0.2, 0) is 28.6 Å². The van der Waals surface area contributed by atoms with E-state index < -0.39 is 6.10 Å². The Bertz CT molecular complexity index is 1290. The van der Waals surface area contributed by atoms with Crippen LogP contribution in [0, 0.1) is 0 Å². The Morgan fingerprint density at radius 1 is 0.260 bits per heavy atom. The van der Waals surface area contributed by atoms with Gasteiger partial charge in [-0.15, -0.1) is 0 Å². The van der Waals surface area contributed by atoms with Crippen molar-refractivity contribution in [3.8, 4) is 0 Å². The van der Waals surface area contributed by atoms with E-state index in [0.717, 1.165) is 77.0 Å². The Morgan fingerprint density at radius 2 is 0.468 bits per heavy atom. The zero-order valence-corrected chi connectivity index (χ0v) is 52.0. The highest BCUT2D eigenvalue weighted by Crippen LogP contribution is 2.18. The van der Waals surface area contributed by atoms with Crippen molar-refractivity contribution in [3.63, 3.8) is 0 Å². The molecule has 0 N–H and O–H groups in total. The van der Waals surface area contributed by atoms with Crippen LogP contribution in [0.4, 0.5) is 0 Å². The molecule has 0 saturated carbocycles. The summed E-state index contributed by atoms with van der Waals surface area (Å²) >= 11 is 0. The van der Waals surface area contributed by atoms with E-state index in [-0.39, 0.29) is 31.1 Å². The fourth-order valence-corrected chi connectivity index (χ4v) is 10.5. The molecule has 0 saturated heterocycles. The lowest BCUT2D eigenvalue weighted by Crippen LogP contribution is -2.30. The lowest BCUT2D eigenvalue weighted by atomic mass is 10.0. The topological polar surface area (TPSA) is 78.9 Å². The fourth-order valence-electron chi connectivity index (χ4n) is 10.5. The third-order valence-corrected chi connectivity index (χ3v) is 15.6. The third kappa shape index (κ3) is 64.3. The van der Waals surface area contributed by atoms with Crippen LogP contribution in [-0.4, -0.2) is 37.2 Å². The molecule has 6 nitrogen and oxygen atoms in total. The maximum absolute atomic E-state index is 12.8. The molecule has 0 aromatic carbocycles. The Balaban J connectivity index is 3.91. The molecule has 0 radical (unpaired) electrons. The smallest absolute Gasteiger partial charge is 0.306 e. The van der Waals surface area contributed by atoms with Crippen LogP contribution >= 0.6 is 0 Å². The number of hydrogen-bond donors (Lipinski definition) is 0. The summed E-state index contributed by atoms with van der Waals surface area (Å²) in [6.45, 7) is 6.61. The molecule has 77 heavy (non-hydrogen) atoms. The molecule has 0 aromatic heterocycles. The quantitative estimate of drug-likeness (QED) is 0.0261. The Hall–Kier alpha value is -2.37. The normalized spacial score (nSPS) is 12.2. The molecule has 0 heterocycles. The zero-order chi connectivity index (χ0) is 55.7. The third-order valence-electron chi connectivity index (χ3n) is 15.6. The Labute approximate surface area is 480 Å². The molecule has 0 amide bonds. The van der Waals surface area contributed by atoms with Gasteiger partial charge in [-0.25, -0.2) is 0 Å². The van der Waals surface area contributed by atoms with Gasteiger partial charge >= 0.3 is 17.9 Å². The predicted octanol–water partition coefficient (Wildman–Crippen LogP) is 23.6. The van der Waals surface area contributed by atoms with E-state index in [9.17, 15) is 14.4 Å². The van der Waals surface area contributed by atoms with Gasteiger partial charge < -0.3 is 14.2 Å². The molecule has 0 aliphatic carbocycles. The van der Waals surface area contributed by atoms with Crippen LogP contribution in [0.1, 0.15) is 380 Å². The minimum absolute atomic E-state index is 0.0663. The van der Waals surface area contributed by atoms with Crippen molar-refractivity contribution in [3.05, 3.63) is 36.5 Å². The monoisotopic (exact) mass is 1080 g/mol. The van der Waals surface area contributed by atoms with Crippen LogP contribution in [0.2, 0.25) is 0 Å². The first-order valence-corrected chi connectivity index (χ1v) is 34.5. The average Bonchev–Trinajstić information content (AvgIpc) is 3.43. The second-order valence-electron chi connectivity index (χ2n) is 23.5. The van der Waals surface area contributed by atoms with Gasteiger partial charge in [-0.2, -0.15) is 0 Å². The molecule has 0 aliphatic heterocycles. The van der Waals surface area contributed by atoms with E-state index in [0.29, 0.717) is 19.3 Å². The van der Waals surface area contributed by atoms with Crippen molar-refractivity contribution in [2.24, 2.45) is 0 Å². The molecule has 6 heteroatoms. The highest BCUT2D eigenvalue weighted by molar-refractivity contribution is 5.71. The number of ether oxygens (including phenoxy) is 3. The summed E-state index contributed by atoms with van der Waals surface area (Å²) in [5.74, 6) is -0.855. The van der Waals surface area contributed by atoms with Crippen molar-refractivity contribution in [1.29, 1.82) is 0 Å². The highest BCUT2D eigenvalue weighted by atomic mass is 16.6. The van der Waals surface area contributed by atoms with Crippen LogP contribution in [0.15, 0.2) is 36.5 Å². The van der Waals surface area contributed by atoms with E-state index in [1.54, 1.807) is 0 Å². The van der Waals surface area contributed by atoms with Gasteiger partial charge in [0.1, 0.15) is 13.2 Å². The van der Waals surface area contributed by atoms with Gasteiger partial charge in [0.05, 0.1) is 0 Å². The molecule has 0 bridgehead atoms. The van der Waals surface area contributed by atoms with Gasteiger partial charge in [-0.3, -0.25) is 14.4 Å². The van der Waals surface area contributed by atoms with Gasteiger partial charge in [0.25, 0.3) is 0 Å². The van der Waals surface area contributed by atoms with E-state index in [1.165, 1.54) is 263 Å². The van der Waals surface area contributed by atoms with E-state index >= 15 is 0 Å². The minimum atomic E-state index is -0.764. The first kappa shape index (κ1) is 74.6. The molecular weight excluding hydrogens is 949 g/mol. The second kappa shape index (κ2) is 66.1. The molecule has 0 fully saturated rings. The molecule has 0 aliphatic rings. The number of carbonyl (C=O) groups is 3. The summed E-state index contributed by atoms with van der Waals surface area (Å²) < 4.78 is 16.8. The van der Waals surface area contributed by atoms with Crippen LogP contribution in [0.3, 0.4) is 0 Å². The second-order valence-corrected chi connectivity index (χ2v) is 23.5. The van der Waals surface area contributed by atoms with Gasteiger partial charge in [-0.05, 0) is 57.8 Å². The van der Waals surface area contributed by atoms with Gasteiger partial charge in [0, 0.05) is 19.3 Å². The van der Waals surface area contributed by atoms with Gasteiger partial charge in [-0.1, -0.05) is 340 Å². The summed E-state index contributed by atoms with van der Waals surface area (Å²) in [4.78, 5) is 38.0. The summed E-state index contributed by atoms with van der Waals surface area (Å²) in [7, 11) is 0. The number of rotatable bonds is 64. The van der Waals surface area contributed by atoms with Crippen LogP contribution < -0.4 is 0 Å². The molecule has 1 unspecified atom stereocenters. The number of esters is 3. The minimum Gasteiger partial charge on any atom is -0.462 e. The Kier molecular flexibility index (Phi) is 64.1. The first-order chi connectivity index (χ1) is 38.0. The standard InChI is InChI=1S/C71H132O6/c1-4-7-10-13-15-17-19-21-23-25-27-29-30-31-32-33-34-35-36-37-38-39-40-42-43-45-47-49-51-53-55-58-61-64-70(73)76-67-68(66-75-69(72)63-60-57-12-9-6-3)77-71(74)65-62-59-56-54-52-50-48-46-44-41-28-26-24-22-20-18-16-14-11-8-5-2/h19,21,25,27,30-31,68H,4-18,20,22-24,26,28-29,32-67H2,1-3H3/b21-19-,27-25-,31-30-. The SMILES string of the molecule is CCCCCCC/C=C\C/C=C\C/C=C\CCCCCCCCCCCCCCCCCCCCC(=O)OCC(COC(=O)CCCCCCC)OC(=O)CCCCCCCCCCCCCCCCCCCCCCC. The highest BCUT2D eigenvalue weighted by Gasteiger charge is 2.19. The van der Waals surface area contributed by atoms with Crippen molar-refractivity contribution in [2.45, 2.75) is 386 Å². The van der Waals surface area contributed by atoms with E-state index in [1.807, 2.05) is 0 Å². The van der Waals surface area contributed by atoms with E-state index in [2.05, 4.69) is 57.2 Å². The summed E-state index contributed by atoms with van der Waals surface area (Å²) in [6, 6.07) is 0. The van der Waals surface area contributed by atoms with Gasteiger partial charge in [0.15, 0.2) is 6.10 Å². The van der Waals surface area contributed by atoms with E-state index in [4.69, 9.17) is 14.2 Å². The summed E-state index contributed by atoms with van der Waals surface area (Å²) in [5.41, 5.74) is 0. The first-order valence-electron chi connectivity index (χ1n) is 34.5. The molecule has 0 aromatic rings. The van der Waals surface area contributed by atoms with Crippen LogP contribution in [0.25, 0.3) is 0 Å². The number of hydrogen-bond acceptors (Lipinski definition) is 6. The molecule has 0 spiro atoms. The zero-order valence-electron chi connectivity index (χ0n) is 52.0. The lowest BCUT2D eigenvalue weighted by molar-refractivity contribution is -0.167. The van der Waals surface area contributed by atoms with Crippen molar-refractivity contribution in [1.82, 2.24) is 0 Å². The average molecular weight is 1080 g/mol. The van der Waals surface area contributed by atoms with Crippen molar-refractivity contribution >= 4 is 17.9 Å². The number of allylic oxidation sites excluding steroid dienone is 6. The molecule has 452 valence electrons. The van der Waals surface area contributed by atoms with Crippen LogP contribution in [0.5, 0.6) is 0 Å². The maximum Gasteiger partial charge on any atom is 0.306 e.